The number of nitro benzene ring substituents is 1. The largest absolute Gasteiger partial charge is 0.478 e. The summed E-state index contributed by atoms with van der Waals surface area (Å²) in [4.78, 5) is 49.8. The quantitative estimate of drug-likeness (QED) is 0.216. The highest BCUT2D eigenvalue weighted by molar-refractivity contribution is 7.99. The molecule has 1 unspecified atom stereocenters. The number of nitro groups is 1. The highest BCUT2D eigenvalue weighted by Gasteiger charge is 2.36. The Balaban J connectivity index is 0.00000480. The Morgan fingerprint density at radius 3 is 2.52 bits per heavy atom. The molecule has 1 heterocycles. The molecule has 0 saturated carbocycles. The van der Waals surface area contributed by atoms with Crippen LogP contribution in [0.25, 0.3) is 0 Å². The van der Waals surface area contributed by atoms with Crippen LogP contribution >= 0.6 is 24.2 Å². The second-order valence-electron chi connectivity index (χ2n) is 6.59. The van der Waals surface area contributed by atoms with Crippen LogP contribution in [0, 0.1) is 10.1 Å². The minimum absolute atomic E-state index is 0. The Bertz CT molecular complexity index is 820. The number of nitrogens with two attached hydrogens (primary N) is 1. The molecule has 0 aromatic heterocycles. The van der Waals surface area contributed by atoms with Gasteiger partial charge in [-0.2, -0.15) is 11.8 Å². The number of benzene rings is 1. The van der Waals surface area contributed by atoms with Crippen LogP contribution in [-0.4, -0.2) is 83.6 Å². The van der Waals surface area contributed by atoms with Gasteiger partial charge in [-0.25, -0.2) is 9.59 Å². The summed E-state index contributed by atoms with van der Waals surface area (Å²) in [7, 11) is 1.09. The van der Waals surface area contributed by atoms with Crippen LogP contribution in [0.1, 0.15) is 16.8 Å². The normalized spacial score (nSPS) is 14.7. The third-order valence-corrected chi connectivity index (χ3v) is 5.65. The van der Waals surface area contributed by atoms with E-state index in [0.717, 1.165) is 37.8 Å². The lowest BCUT2D eigenvalue weighted by molar-refractivity contribution is -0.384. The van der Waals surface area contributed by atoms with Crippen LogP contribution < -0.4 is 10.6 Å². The van der Waals surface area contributed by atoms with Crippen molar-refractivity contribution in [2.75, 3.05) is 49.7 Å². The van der Waals surface area contributed by atoms with Crippen molar-refractivity contribution in [1.29, 1.82) is 0 Å². The van der Waals surface area contributed by atoms with Gasteiger partial charge in [0.25, 0.3) is 11.6 Å². The van der Waals surface area contributed by atoms with Gasteiger partial charge >= 0.3 is 11.9 Å². The standard InChI is InChI=1S/C18H24N4O7S.ClH/c1-29-18(26)15(16(19)23)21(6-2-5-20-7-9-30-10-8-20)13-4-3-12(17(24)25)11-14(13)22(27)28;/h3-4,11,15H,2,5-10H2,1H3,(H2,19,23)(H,24,25);1H. The molecule has 2 rings (SSSR count). The number of nitrogens with zero attached hydrogens (tertiary/aromatic N) is 3. The number of methoxy groups -OCH3 is 1. The highest BCUT2D eigenvalue weighted by Crippen LogP contribution is 2.31. The van der Waals surface area contributed by atoms with Crippen molar-refractivity contribution in [2.24, 2.45) is 5.73 Å². The van der Waals surface area contributed by atoms with Crippen LogP contribution in [0.3, 0.4) is 0 Å². The lowest BCUT2D eigenvalue weighted by Crippen LogP contribution is -2.51. The number of carboxylic acid groups (broad SMARTS) is 1. The highest BCUT2D eigenvalue weighted by atomic mass is 35.5. The fourth-order valence-corrected chi connectivity index (χ4v) is 4.21. The number of amides is 1. The summed E-state index contributed by atoms with van der Waals surface area (Å²) in [6.07, 6.45) is 0.503. The SMILES string of the molecule is COC(=O)C(C(N)=O)N(CCCN1CCSCC1)c1ccc(C(=O)O)cc1[N+](=O)[O-].Cl. The van der Waals surface area contributed by atoms with Gasteiger partial charge in [-0.3, -0.25) is 14.9 Å². The first-order valence-corrected chi connectivity index (χ1v) is 10.4. The number of halogens is 1. The van der Waals surface area contributed by atoms with Gasteiger partial charge in [-0.1, -0.05) is 0 Å². The number of esters is 1. The summed E-state index contributed by atoms with van der Waals surface area (Å²) < 4.78 is 4.68. The van der Waals surface area contributed by atoms with Crippen LogP contribution in [0.15, 0.2) is 18.2 Å². The lowest BCUT2D eigenvalue weighted by Gasteiger charge is -2.31. The second kappa shape index (κ2) is 12.3. The molecule has 1 fully saturated rings. The zero-order valence-electron chi connectivity index (χ0n) is 16.9. The lowest BCUT2D eigenvalue weighted by atomic mass is 10.1. The maximum Gasteiger partial charge on any atom is 0.338 e. The molecule has 1 saturated heterocycles. The Morgan fingerprint density at radius 1 is 1.35 bits per heavy atom. The van der Waals surface area contributed by atoms with Crippen LogP contribution in [0.2, 0.25) is 0 Å². The smallest absolute Gasteiger partial charge is 0.338 e. The van der Waals surface area contributed by atoms with E-state index < -0.39 is 34.5 Å². The number of aromatic carboxylic acids is 1. The first-order valence-electron chi connectivity index (χ1n) is 9.22. The molecule has 3 N–H and O–H groups in total. The van der Waals surface area contributed by atoms with Crippen molar-refractivity contribution in [3.05, 3.63) is 33.9 Å². The number of hydrogen-bond acceptors (Lipinski definition) is 9. The Morgan fingerprint density at radius 2 is 2.00 bits per heavy atom. The van der Waals surface area contributed by atoms with Crippen molar-refractivity contribution in [1.82, 2.24) is 4.90 Å². The van der Waals surface area contributed by atoms with E-state index in [4.69, 9.17) is 10.8 Å². The summed E-state index contributed by atoms with van der Waals surface area (Å²) in [6, 6.07) is 1.69. The van der Waals surface area contributed by atoms with Gasteiger partial charge < -0.3 is 25.4 Å². The van der Waals surface area contributed by atoms with Gasteiger partial charge in [0.1, 0.15) is 5.69 Å². The van der Waals surface area contributed by atoms with Gasteiger partial charge in [-0.15, -0.1) is 12.4 Å². The second-order valence-corrected chi connectivity index (χ2v) is 7.82. The molecule has 1 aliphatic heterocycles. The number of carbonyl (C=O) groups excluding carboxylic acids is 2. The molecule has 0 spiro atoms. The molecule has 1 aromatic rings. The maximum absolute atomic E-state index is 12.2. The molecular weight excluding hydrogens is 452 g/mol. The van der Waals surface area contributed by atoms with Crippen LogP contribution in [0.5, 0.6) is 0 Å². The summed E-state index contributed by atoms with van der Waals surface area (Å²) in [5, 5.41) is 20.7. The minimum Gasteiger partial charge on any atom is -0.478 e. The van der Waals surface area contributed by atoms with E-state index in [1.54, 1.807) is 0 Å². The average Bonchev–Trinajstić information content (AvgIpc) is 2.72. The molecule has 1 aliphatic rings. The molecule has 1 aromatic carbocycles. The fraction of sp³-hybridized carbons (Fsp3) is 0.500. The number of primary amides is 1. The molecular formula is C18H25ClN4O7S. The van der Waals surface area contributed by atoms with E-state index in [-0.39, 0.29) is 30.2 Å². The molecule has 1 atom stereocenters. The third-order valence-electron chi connectivity index (χ3n) is 4.71. The average molecular weight is 477 g/mol. The molecule has 0 aliphatic carbocycles. The topological polar surface area (TPSA) is 156 Å². The Kier molecular flexibility index (Phi) is 10.5. The summed E-state index contributed by atoms with van der Waals surface area (Å²) in [5.41, 5.74) is 4.51. The maximum atomic E-state index is 12.2. The van der Waals surface area contributed by atoms with Crippen LogP contribution in [0.4, 0.5) is 11.4 Å². The molecule has 31 heavy (non-hydrogen) atoms. The van der Waals surface area contributed by atoms with Gasteiger partial charge in [-0.05, 0) is 25.1 Å². The van der Waals surface area contributed by atoms with E-state index in [1.165, 1.54) is 17.0 Å². The summed E-state index contributed by atoms with van der Waals surface area (Å²) >= 11 is 1.86. The fourth-order valence-electron chi connectivity index (χ4n) is 3.23. The van der Waals surface area contributed by atoms with Crippen molar-refractivity contribution in [3.63, 3.8) is 0 Å². The number of thioether (sulfide) groups is 1. The molecule has 0 bridgehead atoms. The predicted molar refractivity (Wildman–Crippen MR) is 118 cm³/mol. The number of ether oxygens (including phenoxy) is 1. The van der Waals surface area contributed by atoms with Gasteiger partial charge in [0.15, 0.2) is 0 Å². The van der Waals surface area contributed by atoms with Crippen molar-refractivity contribution >= 4 is 53.4 Å². The van der Waals surface area contributed by atoms with E-state index in [9.17, 15) is 24.5 Å². The first kappa shape index (κ1) is 26.5. The van der Waals surface area contributed by atoms with Gasteiger partial charge in [0.2, 0.25) is 6.04 Å². The first-order chi connectivity index (χ1) is 14.3. The van der Waals surface area contributed by atoms with Crippen molar-refractivity contribution < 1.29 is 29.2 Å². The number of carbonyl (C=O) groups is 3. The third kappa shape index (κ3) is 6.97. The predicted octanol–water partition coefficient (Wildman–Crippen LogP) is 0.987. The Labute approximate surface area is 189 Å². The monoisotopic (exact) mass is 476 g/mol. The zero-order valence-corrected chi connectivity index (χ0v) is 18.5. The van der Waals surface area contributed by atoms with E-state index >= 15 is 0 Å². The van der Waals surface area contributed by atoms with Gasteiger partial charge in [0, 0.05) is 37.2 Å². The van der Waals surface area contributed by atoms with E-state index in [0.29, 0.717) is 13.0 Å². The summed E-state index contributed by atoms with van der Waals surface area (Å²) in [5.74, 6) is -1.28. The molecule has 1 amide bonds. The molecule has 11 nitrogen and oxygen atoms in total. The molecule has 0 radical (unpaired) electrons. The van der Waals surface area contributed by atoms with Gasteiger partial charge in [0.05, 0.1) is 17.6 Å². The molecule has 172 valence electrons. The minimum atomic E-state index is -1.58. The number of anilines is 1. The molecule has 13 heteroatoms. The Hall–Kier alpha value is -2.57. The van der Waals surface area contributed by atoms with Crippen LogP contribution in [-0.2, 0) is 14.3 Å². The van der Waals surface area contributed by atoms with Crippen molar-refractivity contribution in [3.8, 4) is 0 Å². The number of hydrogen-bond donors (Lipinski definition) is 2. The van der Waals surface area contributed by atoms with Crippen molar-refractivity contribution in [2.45, 2.75) is 12.5 Å². The zero-order chi connectivity index (χ0) is 22.3. The number of carboxylic acids is 1. The van der Waals surface area contributed by atoms with E-state index in [1.807, 2.05) is 11.8 Å². The number of rotatable bonds is 10. The van der Waals surface area contributed by atoms with E-state index in [2.05, 4.69) is 9.64 Å². The summed E-state index contributed by atoms with van der Waals surface area (Å²) in [6.45, 7) is 2.60.